The minimum atomic E-state index is -4.57. The van der Waals surface area contributed by atoms with E-state index in [0.29, 0.717) is 18.2 Å². The van der Waals surface area contributed by atoms with E-state index >= 15 is 0 Å². The summed E-state index contributed by atoms with van der Waals surface area (Å²) < 4.78 is 39.6. The Labute approximate surface area is 165 Å². The smallest absolute Gasteiger partial charge is 0.326 e. The van der Waals surface area contributed by atoms with Crippen LogP contribution in [0.3, 0.4) is 0 Å². The van der Waals surface area contributed by atoms with E-state index in [-0.39, 0.29) is 11.4 Å². The molecule has 0 atom stereocenters. The normalized spacial score (nSPS) is 13.3. The summed E-state index contributed by atoms with van der Waals surface area (Å²) in [5.74, 6) is 0.179. The number of para-hydroxylation sites is 2. The zero-order valence-electron chi connectivity index (χ0n) is 15.5. The Morgan fingerprint density at radius 3 is 2.59 bits per heavy atom. The zero-order valence-corrected chi connectivity index (χ0v) is 15.5. The number of benzene rings is 2. The summed E-state index contributed by atoms with van der Waals surface area (Å²) in [6.45, 7) is 2.35. The van der Waals surface area contributed by atoms with E-state index in [1.807, 2.05) is 29.2 Å². The van der Waals surface area contributed by atoms with Crippen molar-refractivity contribution in [3.8, 4) is 0 Å². The number of nitrogens with zero attached hydrogens (tertiary/aromatic N) is 3. The van der Waals surface area contributed by atoms with E-state index in [9.17, 15) is 18.0 Å². The lowest BCUT2D eigenvalue weighted by atomic mass is 10.1. The van der Waals surface area contributed by atoms with Gasteiger partial charge in [-0.25, -0.2) is 9.97 Å². The van der Waals surface area contributed by atoms with Gasteiger partial charge in [0.25, 0.3) is 5.91 Å². The zero-order chi connectivity index (χ0) is 20.6. The highest BCUT2D eigenvalue weighted by atomic mass is 19.4. The summed E-state index contributed by atoms with van der Waals surface area (Å²) >= 11 is 0. The van der Waals surface area contributed by atoms with E-state index in [1.165, 1.54) is 29.8 Å². The predicted octanol–water partition coefficient (Wildman–Crippen LogP) is 4.75. The molecule has 2 heterocycles. The Balaban J connectivity index is 1.65. The van der Waals surface area contributed by atoms with Gasteiger partial charge in [0.1, 0.15) is 17.3 Å². The number of hydrogen-bond donors (Lipinski definition) is 1. The molecular formula is C21H17F3N4O. The number of fused-ring (bicyclic) bond motifs is 1. The molecule has 0 saturated carbocycles. The van der Waals surface area contributed by atoms with Crippen LogP contribution in [0.5, 0.6) is 0 Å². The summed E-state index contributed by atoms with van der Waals surface area (Å²) in [5, 5.41) is 2.33. The first-order valence-electron chi connectivity index (χ1n) is 9.01. The lowest BCUT2D eigenvalue weighted by Gasteiger charge is -2.19. The van der Waals surface area contributed by atoms with E-state index in [1.54, 1.807) is 6.92 Å². The molecule has 0 fully saturated rings. The minimum Gasteiger partial charge on any atom is -0.326 e. The van der Waals surface area contributed by atoms with Crippen LogP contribution in [0.1, 0.15) is 27.4 Å². The molecule has 1 N–H and O–H groups in total. The molecular weight excluding hydrogens is 381 g/mol. The molecule has 8 heteroatoms. The number of aromatic nitrogens is 2. The first kappa shape index (κ1) is 18.9. The molecule has 0 unspecified atom stereocenters. The van der Waals surface area contributed by atoms with Gasteiger partial charge in [0.15, 0.2) is 0 Å². The maximum atomic E-state index is 13.2. The SMILES string of the molecule is Cc1nc(C(=O)Nc2ccccc2C(F)(F)F)cc(N2CCc3ccccc32)n1. The molecule has 0 aliphatic carbocycles. The van der Waals surface area contributed by atoms with Crippen LogP contribution in [-0.2, 0) is 12.6 Å². The molecule has 1 aromatic heterocycles. The Bertz CT molecular complexity index is 1080. The molecule has 0 saturated heterocycles. The van der Waals surface area contributed by atoms with Crippen LogP contribution < -0.4 is 10.2 Å². The van der Waals surface area contributed by atoms with Crippen LogP contribution in [0.25, 0.3) is 0 Å². The highest BCUT2D eigenvalue weighted by Crippen LogP contribution is 2.35. The maximum absolute atomic E-state index is 13.2. The second-order valence-corrected chi connectivity index (χ2v) is 6.69. The Morgan fingerprint density at radius 1 is 1.07 bits per heavy atom. The average Bonchev–Trinajstić information content (AvgIpc) is 3.11. The number of rotatable bonds is 3. The summed E-state index contributed by atoms with van der Waals surface area (Å²) in [7, 11) is 0. The monoisotopic (exact) mass is 398 g/mol. The number of halogens is 3. The van der Waals surface area contributed by atoms with Gasteiger partial charge in [-0.2, -0.15) is 13.2 Å². The molecule has 0 bridgehead atoms. The quantitative estimate of drug-likeness (QED) is 0.692. The topological polar surface area (TPSA) is 58.1 Å². The van der Waals surface area contributed by atoms with E-state index in [2.05, 4.69) is 15.3 Å². The molecule has 2 aromatic carbocycles. The van der Waals surface area contributed by atoms with Gasteiger partial charge in [0, 0.05) is 18.3 Å². The predicted molar refractivity (Wildman–Crippen MR) is 103 cm³/mol. The van der Waals surface area contributed by atoms with Crippen molar-refractivity contribution in [2.24, 2.45) is 0 Å². The van der Waals surface area contributed by atoms with Gasteiger partial charge in [0.2, 0.25) is 0 Å². The third-order valence-corrected chi connectivity index (χ3v) is 4.70. The Hall–Kier alpha value is -3.42. The maximum Gasteiger partial charge on any atom is 0.418 e. The van der Waals surface area contributed by atoms with Gasteiger partial charge in [-0.1, -0.05) is 30.3 Å². The number of alkyl halides is 3. The second kappa shape index (κ2) is 7.20. The van der Waals surface area contributed by atoms with Crippen molar-refractivity contribution in [2.45, 2.75) is 19.5 Å². The van der Waals surface area contributed by atoms with Crippen LogP contribution in [0, 0.1) is 6.92 Å². The molecule has 29 heavy (non-hydrogen) atoms. The molecule has 1 amide bonds. The summed E-state index contributed by atoms with van der Waals surface area (Å²) in [6, 6.07) is 14.2. The van der Waals surface area contributed by atoms with Crippen molar-refractivity contribution in [2.75, 3.05) is 16.8 Å². The highest BCUT2D eigenvalue weighted by Gasteiger charge is 2.33. The first-order valence-corrected chi connectivity index (χ1v) is 9.01. The van der Waals surface area contributed by atoms with Crippen LogP contribution in [-0.4, -0.2) is 22.4 Å². The van der Waals surface area contributed by atoms with Crippen LogP contribution >= 0.6 is 0 Å². The fourth-order valence-electron chi connectivity index (χ4n) is 3.41. The Morgan fingerprint density at radius 2 is 1.79 bits per heavy atom. The van der Waals surface area contributed by atoms with Crippen molar-refractivity contribution in [1.82, 2.24) is 9.97 Å². The summed E-state index contributed by atoms with van der Waals surface area (Å²) in [4.78, 5) is 23.2. The van der Waals surface area contributed by atoms with Gasteiger partial charge in [-0.15, -0.1) is 0 Å². The third-order valence-electron chi connectivity index (χ3n) is 4.70. The molecule has 1 aliphatic heterocycles. The van der Waals surface area contributed by atoms with Crippen molar-refractivity contribution >= 4 is 23.1 Å². The van der Waals surface area contributed by atoms with Gasteiger partial charge < -0.3 is 10.2 Å². The minimum absolute atomic E-state index is 0.00820. The molecule has 148 valence electrons. The van der Waals surface area contributed by atoms with Crippen LogP contribution in [0.15, 0.2) is 54.6 Å². The van der Waals surface area contributed by atoms with Gasteiger partial charge >= 0.3 is 6.18 Å². The molecule has 5 nitrogen and oxygen atoms in total. The summed E-state index contributed by atoms with van der Waals surface area (Å²) in [6.07, 6.45) is -3.73. The largest absolute Gasteiger partial charge is 0.418 e. The lowest BCUT2D eigenvalue weighted by molar-refractivity contribution is -0.136. The highest BCUT2D eigenvalue weighted by molar-refractivity contribution is 6.03. The van der Waals surface area contributed by atoms with E-state index < -0.39 is 17.6 Å². The molecule has 3 aromatic rings. The Kier molecular flexibility index (Phi) is 4.70. The fourth-order valence-corrected chi connectivity index (χ4v) is 3.41. The van der Waals surface area contributed by atoms with Crippen molar-refractivity contribution in [1.29, 1.82) is 0 Å². The molecule has 0 radical (unpaired) electrons. The number of hydrogen-bond acceptors (Lipinski definition) is 4. The van der Waals surface area contributed by atoms with Gasteiger partial charge in [-0.3, -0.25) is 4.79 Å². The van der Waals surface area contributed by atoms with Gasteiger partial charge in [0.05, 0.1) is 11.3 Å². The second-order valence-electron chi connectivity index (χ2n) is 6.69. The third kappa shape index (κ3) is 3.78. The van der Waals surface area contributed by atoms with Crippen molar-refractivity contribution < 1.29 is 18.0 Å². The number of nitrogens with one attached hydrogen (secondary N) is 1. The van der Waals surface area contributed by atoms with Crippen LogP contribution in [0.2, 0.25) is 0 Å². The van der Waals surface area contributed by atoms with Gasteiger partial charge in [-0.05, 0) is 37.1 Å². The molecule has 0 spiro atoms. The number of aryl methyl sites for hydroxylation is 1. The lowest BCUT2D eigenvalue weighted by Crippen LogP contribution is -2.21. The van der Waals surface area contributed by atoms with Crippen LogP contribution in [0.4, 0.5) is 30.4 Å². The number of amides is 1. The average molecular weight is 398 g/mol. The number of carbonyl (C=O) groups excluding carboxylic acids is 1. The standard InChI is InChI=1S/C21H17F3N4O/c1-13-25-17(20(29)27-16-8-4-3-7-15(16)21(22,23)24)12-19(26-13)28-11-10-14-6-2-5-9-18(14)28/h2-9,12H,10-11H2,1H3,(H,27,29). The molecule has 1 aliphatic rings. The number of anilines is 3. The van der Waals surface area contributed by atoms with Crippen molar-refractivity contribution in [3.63, 3.8) is 0 Å². The van der Waals surface area contributed by atoms with E-state index in [4.69, 9.17) is 0 Å². The molecule has 4 rings (SSSR count). The van der Waals surface area contributed by atoms with Crippen molar-refractivity contribution in [3.05, 3.63) is 77.2 Å². The summed E-state index contributed by atoms with van der Waals surface area (Å²) in [5.41, 5.74) is 0.962. The first-order chi connectivity index (χ1) is 13.8. The number of carbonyl (C=O) groups is 1. The fraction of sp³-hybridized carbons (Fsp3) is 0.190. The van der Waals surface area contributed by atoms with E-state index in [0.717, 1.165) is 18.2 Å².